The van der Waals surface area contributed by atoms with Gasteiger partial charge in [0.15, 0.2) is 11.5 Å². The molecule has 3 heterocycles. The Morgan fingerprint density at radius 3 is 2.50 bits per heavy atom. The minimum atomic E-state index is -4.99. The number of ketones is 1. The summed E-state index contributed by atoms with van der Waals surface area (Å²) in [7, 11) is 0. The molecule has 3 atom stereocenters. The van der Waals surface area contributed by atoms with Crippen LogP contribution in [0.2, 0.25) is 0 Å². The van der Waals surface area contributed by atoms with E-state index in [0.29, 0.717) is 29.9 Å². The number of aromatic nitrogens is 1. The number of amides is 1. The highest BCUT2D eigenvalue weighted by atomic mass is 19.4. The SMILES string of the molecule is CC(C(=O)Nc1cc(C(=O)Cc2ccc(-c3cccc(F)c3)nc2)ccc1OC(F)(F)F)N1CC2CCC(C1)O2. The summed E-state index contributed by atoms with van der Waals surface area (Å²) in [6, 6.07) is 12.1. The first-order valence-corrected chi connectivity index (χ1v) is 12.9. The van der Waals surface area contributed by atoms with Gasteiger partial charge in [-0.3, -0.25) is 19.5 Å². The van der Waals surface area contributed by atoms with Crippen molar-refractivity contribution in [2.24, 2.45) is 0 Å². The minimum absolute atomic E-state index is 0.0384. The Morgan fingerprint density at radius 2 is 1.85 bits per heavy atom. The van der Waals surface area contributed by atoms with Crippen molar-refractivity contribution in [2.75, 3.05) is 18.4 Å². The number of carbonyl (C=O) groups is 2. The van der Waals surface area contributed by atoms with Crippen molar-refractivity contribution in [1.29, 1.82) is 0 Å². The second-order valence-corrected chi connectivity index (χ2v) is 10.00. The molecule has 2 aliphatic heterocycles. The number of alkyl halides is 3. The van der Waals surface area contributed by atoms with Crippen molar-refractivity contribution in [3.05, 3.63) is 77.7 Å². The predicted octanol–water partition coefficient (Wildman–Crippen LogP) is 5.40. The number of carbonyl (C=O) groups excluding carboxylic acids is 2. The van der Waals surface area contributed by atoms with Gasteiger partial charge in [0.1, 0.15) is 5.82 Å². The van der Waals surface area contributed by atoms with Crippen molar-refractivity contribution in [3.8, 4) is 17.0 Å². The van der Waals surface area contributed by atoms with Crippen molar-refractivity contribution >= 4 is 17.4 Å². The highest BCUT2D eigenvalue weighted by molar-refractivity contribution is 6.01. The maximum Gasteiger partial charge on any atom is 0.573 e. The molecular weight excluding hydrogens is 530 g/mol. The molecule has 40 heavy (non-hydrogen) atoms. The quantitative estimate of drug-likeness (QED) is 0.295. The van der Waals surface area contributed by atoms with Gasteiger partial charge in [-0.1, -0.05) is 18.2 Å². The summed E-state index contributed by atoms with van der Waals surface area (Å²) in [5.74, 6) is -1.93. The Labute approximate surface area is 228 Å². The van der Waals surface area contributed by atoms with Crippen LogP contribution >= 0.6 is 0 Å². The molecule has 0 saturated carbocycles. The third kappa shape index (κ3) is 6.65. The lowest BCUT2D eigenvalue weighted by Crippen LogP contribution is -2.51. The van der Waals surface area contributed by atoms with Crippen LogP contribution < -0.4 is 10.1 Å². The number of ether oxygens (including phenoxy) is 2. The summed E-state index contributed by atoms with van der Waals surface area (Å²) in [5.41, 5.74) is 1.50. The van der Waals surface area contributed by atoms with Crippen LogP contribution in [0.5, 0.6) is 5.75 Å². The van der Waals surface area contributed by atoms with Crippen molar-refractivity contribution < 1.29 is 36.6 Å². The lowest BCUT2D eigenvalue weighted by atomic mass is 10.0. The monoisotopic (exact) mass is 557 g/mol. The Bertz CT molecular complexity index is 1380. The molecule has 3 unspecified atom stereocenters. The fourth-order valence-electron chi connectivity index (χ4n) is 5.02. The number of halogens is 4. The molecule has 1 amide bonds. The summed E-state index contributed by atoms with van der Waals surface area (Å²) in [4.78, 5) is 32.3. The van der Waals surface area contributed by atoms with Crippen LogP contribution in [-0.4, -0.2) is 59.3 Å². The molecule has 1 N–H and O–H groups in total. The molecule has 0 spiro atoms. The zero-order chi connectivity index (χ0) is 28.4. The number of hydrogen-bond acceptors (Lipinski definition) is 6. The molecule has 11 heteroatoms. The van der Waals surface area contributed by atoms with Crippen LogP contribution in [0.15, 0.2) is 60.8 Å². The van der Waals surface area contributed by atoms with Crippen LogP contribution in [0, 0.1) is 5.82 Å². The lowest BCUT2D eigenvalue weighted by molar-refractivity contribution is -0.274. The van der Waals surface area contributed by atoms with Crippen LogP contribution in [0.3, 0.4) is 0 Å². The molecule has 2 aromatic carbocycles. The number of fused-ring (bicyclic) bond motifs is 2. The normalized spacial score (nSPS) is 19.7. The number of hydrogen-bond donors (Lipinski definition) is 1. The number of nitrogens with one attached hydrogen (secondary N) is 1. The van der Waals surface area contributed by atoms with Crippen LogP contribution in [0.1, 0.15) is 35.7 Å². The van der Waals surface area contributed by atoms with E-state index in [1.54, 1.807) is 31.2 Å². The maximum absolute atomic E-state index is 13.5. The maximum atomic E-state index is 13.5. The largest absolute Gasteiger partial charge is 0.573 e. The van der Waals surface area contributed by atoms with Gasteiger partial charge < -0.3 is 14.8 Å². The molecule has 2 fully saturated rings. The van der Waals surface area contributed by atoms with Crippen LogP contribution in [0.25, 0.3) is 11.3 Å². The van der Waals surface area contributed by atoms with E-state index < -0.39 is 35.7 Å². The Morgan fingerprint density at radius 1 is 1.10 bits per heavy atom. The van der Waals surface area contributed by atoms with E-state index in [4.69, 9.17) is 4.74 Å². The highest BCUT2D eigenvalue weighted by Gasteiger charge is 2.38. The second-order valence-electron chi connectivity index (χ2n) is 10.00. The number of pyridine rings is 1. The van der Waals surface area contributed by atoms with Gasteiger partial charge in [0, 0.05) is 36.8 Å². The van der Waals surface area contributed by atoms with Gasteiger partial charge in [0.2, 0.25) is 5.91 Å². The van der Waals surface area contributed by atoms with Gasteiger partial charge in [0.25, 0.3) is 0 Å². The number of anilines is 1. The Kier molecular flexibility index (Phi) is 7.86. The second kappa shape index (κ2) is 11.3. The van der Waals surface area contributed by atoms with E-state index in [-0.39, 0.29) is 29.9 Å². The number of benzene rings is 2. The van der Waals surface area contributed by atoms with Gasteiger partial charge in [-0.2, -0.15) is 0 Å². The summed E-state index contributed by atoms with van der Waals surface area (Å²) in [5, 5.41) is 2.53. The van der Waals surface area contributed by atoms with E-state index in [1.165, 1.54) is 30.5 Å². The highest BCUT2D eigenvalue weighted by Crippen LogP contribution is 2.33. The number of Topliss-reactive ketones (excluding diaryl/α,β-unsaturated/α-hetero) is 1. The Balaban J connectivity index is 1.31. The zero-order valence-electron chi connectivity index (χ0n) is 21.6. The van der Waals surface area contributed by atoms with E-state index in [9.17, 15) is 27.2 Å². The van der Waals surface area contributed by atoms with Crippen molar-refractivity contribution in [1.82, 2.24) is 9.88 Å². The van der Waals surface area contributed by atoms with Gasteiger partial charge in [-0.05, 0) is 61.7 Å². The van der Waals surface area contributed by atoms with Gasteiger partial charge in [-0.15, -0.1) is 13.2 Å². The standard InChI is InChI=1S/C29H27F4N3O4/c1-17(36-15-22-7-8-23(16-36)39-22)28(38)35-25-13-20(6-10-27(25)40-29(31,32)33)26(37)11-18-5-9-24(34-14-18)19-3-2-4-21(30)12-19/h2-6,9-10,12-14,17,22-23H,7-8,11,15-16H2,1H3,(H,35,38). The number of rotatable bonds is 8. The average molecular weight is 558 g/mol. The van der Waals surface area contributed by atoms with E-state index >= 15 is 0 Å². The number of morpholine rings is 1. The number of likely N-dealkylation sites (tertiary alicyclic amines) is 1. The van der Waals surface area contributed by atoms with Crippen molar-refractivity contribution in [2.45, 2.75) is 50.8 Å². The van der Waals surface area contributed by atoms with Gasteiger partial charge >= 0.3 is 6.36 Å². The van der Waals surface area contributed by atoms with E-state index in [1.807, 2.05) is 4.90 Å². The first-order valence-electron chi connectivity index (χ1n) is 12.9. The molecule has 210 valence electrons. The third-order valence-electron chi connectivity index (χ3n) is 7.09. The fourth-order valence-corrected chi connectivity index (χ4v) is 5.02. The predicted molar refractivity (Wildman–Crippen MR) is 138 cm³/mol. The van der Waals surface area contributed by atoms with E-state index in [2.05, 4.69) is 15.0 Å². The lowest BCUT2D eigenvalue weighted by Gasteiger charge is -2.35. The van der Waals surface area contributed by atoms with Gasteiger partial charge in [-0.25, -0.2) is 4.39 Å². The first kappa shape index (κ1) is 27.7. The molecule has 2 saturated heterocycles. The minimum Gasteiger partial charge on any atom is -0.404 e. The van der Waals surface area contributed by atoms with E-state index in [0.717, 1.165) is 18.9 Å². The molecular formula is C29H27F4N3O4. The van der Waals surface area contributed by atoms with Crippen molar-refractivity contribution in [3.63, 3.8) is 0 Å². The molecule has 2 aliphatic rings. The molecule has 0 aliphatic carbocycles. The topological polar surface area (TPSA) is 80.8 Å². The smallest absolute Gasteiger partial charge is 0.404 e. The third-order valence-corrected chi connectivity index (χ3v) is 7.09. The molecule has 0 radical (unpaired) electrons. The van der Waals surface area contributed by atoms with Gasteiger partial charge in [0.05, 0.1) is 29.6 Å². The average Bonchev–Trinajstić information content (AvgIpc) is 3.25. The molecule has 7 nitrogen and oxygen atoms in total. The fraction of sp³-hybridized carbons (Fsp3) is 0.345. The Hall–Kier alpha value is -3.83. The zero-order valence-corrected chi connectivity index (χ0v) is 21.6. The number of nitrogens with zero attached hydrogens (tertiary/aromatic N) is 2. The summed E-state index contributed by atoms with van der Waals surface area (Å²) >= 11 is 0. The first-order chi connectivity index (χ1) is 19.0. The summed E-state index contributed by atoms with van der Waals surface area (Å²) in [6.07, 6.45) is -1.70. The molecule has 1 aromatic heterocycles. The molecule has 3 aromatic rings. The summed E-state index contributed by atoms with van der Waals surface area (Å²) < 4.78 is 62.7. The molecule has 5 rings (SSSR count). The van der Waals surface area contributed by atoms with Crippen LogP contribution in [0.4, 0.5) is 23.2 Å². The summed E-state index contributed by atoms with van der Waals surface area (Å²) in [6.45, 7) is 2.79. The molecule has 2 bridgehead atoms. The van der Waals surface area contributed by atoms with Crippen LogP contribution in [-0.2, 0) is 16.0 Å².